The van der Waals surface area contributed by atoms with Crippen molar-refractivity contribution in [2.45, 2.75) is 53.1 Å². The van der Waals surface area contributed by atoms with E-state index < -0.39 is 11.9 Å². The standard InChI is InChI=1S/C29H33NO5/c1-6-34-22-13-9-20(10-14-22)26-25(28(32)35-17-19-7-11-21(33-5)12-8-19)18(2)30-23-15-29(3,4)16-24(31)27(23)26/h7-14,26,30H,6,15-17H2,1-5H3/t26-/m1/s1. The lowest BCUT2D eigenvalue weighted by atomic mass is 9.68. The predicted octanol–water partition coefficient (Wildman–Crippen LogP) is 5.44. The van der Waals surface area contributed by atoms with E-state index in [2.05, 4.69) is 19.2 Å². The third-order valence-corrected chi connectivity index (χ3v) is 6.51. The average Bonchev–Trinajstić information content (AvgIpc) is 2.82. The van der Waals surface area contributed by atoms with Crippen LogP contribution in [0.1, 0.15) is 57.6 Å². The molecule has 0 amide bonds. The second-order valence-corrected chi connectivity index (χ2v) is 9.86. The van der Waals surface area contributed by atoms with E-state index in [4.69, 9.17) is 14.2 Å². The molecule has 2 aromatic carbocycles. The van der Waals surface area contributed by atoms with Crippen molar-refractivity contribution < 1.29 is 23.8 Å². The molecule has 1 aliphatic carbocycles. The molecule has 0 unspecified atom stereocenters. The highest BCUT2D eigenvalue weighted by Crippen LogP contribution is 2.47. The van der Waals surface area contributed by atoms with Crippen LogP contribution < -0.4 is 14.8 Å². The largest absolute Gasteiger partial charge is 0.497 e. The number of ether oxygens (including phenoxy) is 3. The Hall–Kier alpha value is -3.54. The molecule has 0 bridgehead atoms. The summed E-state index contributed by atoms with van der Waals surface area (Å²) in [5.41, 5.74) is 4.33. The number of methoxy groups -OCH3 is 1. The van der Waals surface area contributed by atoms with E-state index in [1.165, 1.54) is 0 Å². The number of esters is 1. The zero-order valence-electron chi connectivity index (χ0n) is 21.1. The normalized spacial score (nSPS) is 19.1. The SMILES string of the molecule is CCOc1ccc([C@@H]2C(C(=O)OCc3ccc(OC)cc3)=C(C)NC3=C2C(=O)CC(C)(C)C3)cc1. The maximum absolute atomic E-state index is 13.5. The molecule has 1 aliphatic heterocycles. The van der Waals surface area contributed by atoms with E-state index >= 15 is 0 Å². The van der Waals surface area contributed by atoms with Gasteiger partial charge in [0.1, 0.15) is 18.1 Å². The quantitative estimate of drug-likeness (QED) is 0.538. The molecule has 0 saturated carbocycles. The van der Waals surface area contributed by atoms with E-state index in [-0.39, 0.29) is 17.8 Å². The molecular weight excluding hydrogens is 442 g/mol. The lowest BCUT2D eigenvalue weighted by molar-refractivity contribution is -0.140. The molecule has 0 saturated heterocycles. The van der Waals surface area contributed by atoms with Crippen molar-refractivity contribution in [3.63, 3.8) is 0 Å². The summed E-state index contributed by atoms with van der Waals surface area (Å²) in [6, 6.07) is 15.0. The molecule has 184 valence electrons. The number of rotatable bonds is 7. The molecule has 1 heterocycles. The Labute approximate surface area is 207 Å². The number of carbonyl (C=O) groups excluding carboxylic acids is 2. The lowest BCUT2D eigenvalue weighted by Gasteiger charge is -2.39. The van der Waals surface area contributed by atoms with Crippen LogP contribution in [-0.2, 0) is 20.9 Å². The molecule has 2 aromatic rings. The van der Waals surface area contributed by atoms with E-state index in [0.717, 1.165) is 34.7 Å². The number of Topliss-reactive ketones (excluding diaryl/α,β-unsaturated/α-hetero) is 1. The number of ketones is 1. The molecule has 0 aromatic heterocycles. The summed E-state index contributed by atoms with van der Waals surface area (Å²) >= 11 is 0. The van der Waals surface area contributed by atoms with E-state index in [9.17, 15) is 9.59 Å². The number of benzene rings is 2. The van der Waals surface area contributed by atoms with Gasteiger partial charge < -0.3 is 19.5 Å². The summed E-state index contributed by atoms with van der Waals surface area (Å²) in [5, 5.41) is 3.38. The van der Waals surface area contributed by atoms with E-state index in [1.54, 1.807) is 7.11 Å². The van der Waals surface area contributed by atoms with Gasteiger partial charge in [0.25, 0.3) is 0 Å². The highest BCUT2D eigenvalue weighted by molar-refractivity contribution is 6.04. The topological polar surface area (TPSA) is 73.9 Å². The fourth-order valence-electron chi connectivity index (χ4n) is 4.91. The molecule has 0 radical (unpaired) electrons. The van der Waals surface area contributed by atoms with Crippen LogP contribution in [0, 0.1) is 5.41 Å². The highest BCUT2D eigenvalue weighted by atomic mass is 16.5. The number of dihydropyridines is 1. The zero-order valence-corrected chi connectivity index (χ0v) is 21.1. The van der Waals surface area contributed by atoms with E-state index in [0.29, 0.717) is 29.9 Å². The molecule has 6 nitrogen and oxygen atoms in total. The molecular formula is C29H33NO5. The van der Waals surface area contributed by atoms with Gasteiger partial charge in [-0.3, -0.25) is 4.79 Å². The molecule has 1 N–H and O–H groups in total. The monoisotopic (exact) mass is 475 g/mol. The van der Waals surface area contributed by atoms with Gasteiger partial charge >= 0.3 is 5.97 Å². The fourth-order valence-corrected chi connectivity index (χ4v) is 4.91. The minimum absolute atomic E-state index is 0.0654. The zero-order chi connectivity index (χ0) is 25.2. The van der Waals surface area contributed by atoms with Crippen LogP contribution in [0.3, 0.4) is 0 Å². The van der Waals surface area contributed by atoms with Gasteiger partial charge in [-0.25, -0.2) is 4.79 Å². The number of hydrogen-bond donors (Lipinski definition) is 1. The molecule has 2 aliphatic rings. The first-order chi connectivity index (χ1) is 16.7. The Bertz CT molecular complexity index is 1170. The first-order valence-electron chi connectivity index (χ1n) is 12.0. The molecule has 0 spiro atoms. The second kappa shape index (κ2) is 9.98. The minimum atomic E-state index is -0.492. The van der Waals surface area contributed by atoms with Crippen LogP contribution in [0.15, 0.2) is 71.1 Å². The summed E-state index contributed by atoms with van der Waals surface area (Å²) < 4.78 is 16.5. The molecule has 0 fully saturated rings. The smallest absolute Gasteiger partial charge is 0.337 e. The van der Waals surface area contributed by atoms with Crippen molar-refractivity contribution in [1.29, 1.82) is 0 Å². The molecule has 4 rings (SSSR count). The van der Waals surface area contributed by atoms with Gasteiger partial charge in [0.15, 0.2) is 5.78 Å². The van der Waals surface area contributed by atoms with Crippen molar-refractivity contribution in [1.82, 2.24) is 5.32 Å². The summed E-state index contributed by atoms with van der Waals surface area (Å²) in [6.45, 7) is 8.70. The summed E-state index contributed by atoms with van der Waals surface area (Å²) in [6.07, 6.45) is 1.18. The third kappa shape index (κ3) is 5.26. The van der Waals surface area contributed by atoms with Crippen LogP contribution >= 0.6 is 0 Å². The van der Waals surface area contributed by atoms with Crippen molar-refractivity contribution >= 4 is 11.8 Å². The van der Waals surface area contributed by atoms with Crippen LogP contribution in [0.2, 0.25) is 0 Å². The fraction of sp³-hybridized carbons (Fsp3) is 0.379. The van der Waals surface area contributed by atoms with E-state index in [1.807, 2.05) is 62.4 Å². The molecule has 6 heteroatoms. The van der Waals surface area contributed by atoms with Gasteiger partial charge in [0.05, 0.1) is 19.3 Å². The van der Waals surface area contributed by atoms with Crippen LogP contribution in [0.5, 0.6) is 11.5 Å². The Balaban J connectivity index is 1.68. The van der Waals surface area contributed by atoms with Gasteiger partial charge in [0, 0.05) is 29.3 Å². The predicted molar refractivity (Wildman–Crippen MR) is 134 cm³/mol. The average molecular weight is 476 g/mol. The Morgan fingerprint density at radius 3 is 2.31 bits per heavy atom. The molecule has 1 atom stereocenters. The van der Waals surface area contributed by atoms with Gasteiger partial charge in [0.2, 0.25) is 0 Å². The summed E-state index contributed by atoms with van der Waals surface area (Å²) in [4.78, 5) is 26.9. The maximum Gasteiger partial charge on any atom is 0.337 e. The van der Waals surface area contributed by atoms with Gasteiger partial charge in [-0.05, 0) is 61.1 Å². The van der Waals surface area contributed by atoms with Crippen LogP contribution in [-0.4, -0.2) is 25.5 Å². The van der Waals surface area contributed by atoms with Crippen LogP contribution in [0.25, 0.3) is 0 Å². The first-order valence-corrected chi connectivity index (χ1v) is 12.0. The third-order valence-electron chi connectivity index (χ3n) is 6.51. The number of hydrogen-bond acceptors (Lipinski definition) is 6. The number of allylic oxidation sites excluding steroid dienone is 3. The number of nitrogens with one attached hydrogen (secondary N) is 1. The van der Waals surface area contributed by atoms with Crippen molar-refractivity contribution in [2.75, 3.05) is 13.7 Å². The Morgan fingerprint density at radius 1 is 1.03 bits per heavy atom. The minimum Gasteiger partial charge on any atom is -0.497 e. The van der Waals surface area contributed by atoms with Gasteiger partial charge in [-0.1, -0.05) is 38.1 Å². The molecule has 35 heavy (non-hydrogen) atoms. The van der Waals surface area contributed by atoms with Crippen LogP contribution in [0.4, 0.5) is 0 Å². The Kier molecular flexibility index (Phi) is 7.01. The highest BCUT2D eigenvalue weighted by Gasteiger charge is 2.43. The number of carbonyl (C=O) groups is 2. The summed E-state index contributed by atoms with van der Waals surface area (Å²) in [5.74, 6) is 0.627. The Morgan fingerprint density at radius 2 is 1.69 bits per heavy atom. The second-order valence-electron chi connectivity index (χ2n) is 9.86. The van der Waals surface area contributed by atoms with Crippen molar-refractivity contribution in [3.8, 4) is 11.5 Å². The maximum atomic E-state index is 13.5. The first kappa shape index (κ1) is 24.6. The lowest BCUT2D eigenvalue weighted by Crippen LogP contribution is -2.38. The summed E-state index contributed by atoms with van der Waals surface area (Å²) in [7, 11) is 1.61. The van der Waals surface area contributed by atoms with Gasteiger partial charge in [-0.2, -0.15) is 0 Å². The van der Waals surface area contributed by atoms with Crippen molar-refractivity contribution in [2.24, 2.45) is 5.41 Å². The van der Waals surface area contributed by atoms with Gasteiger partial charge in [-0.15, -0.1) is 0 Å². The van der Waals surface area contributed by atoms with Crippen molar-refractivity contribution in [3.05, 3.63) is 82.2 Å².